The minimum absolute atomic E-state index is 0.104. The van der Waals surface area contributed by atoms with Crippen molar-refractivity contribution in [3.05, 3.63) is 65.7 Å². The van der Waals surface area contributed by atoms with Gasteiger partial charge in [-0.05, 0) is 57.2 Å². The second-order valence-electron chi connectivity index (χ2n) is 7.31. The molecule has 0 saturated heterocycles. The Bertz CT molecular complexity index is 875. The van der Waals surface area contributed by atoms with Gasteiger partial charge >= 0.3 is 11.9 Å². The molecule has 34 heavy (non-hydrogen) atoms. The summed E-state index contributed by atoms with van der Waals surface area (Å²) in [6.45, 7) is 4.54. The SMILES string of the molecule is CCOC(=O)CC/C=C/c1ccccc1OC.CCOC(=O)CCCCc1ccccc1OC. The predicted octanol–water partition coefficient (Wildman–Crippen LogP) is 6.02. The van der Waals surface area contributed by atoms with Crippen LogP contribution in [0.25, 0.3) is 6.08 Å². The summed E-state index contributed by atoms with van der Waals surface area (Å²) in [4.78, 5) is 22.2. The molecular weight excluding hydrogens is 432 g/mol. The van der Waals surface area contributed by atoms with Gasteiger partial charge in [-0.15, -0.1) is 0 Å². The highest BCUT2D eigenvalue weighted by molar-refractivity contribution is 5.70. The summed E-state index contributed by atoms with van der Waals surface area (Å²) in [6, 6.07) is 15.7. The van der Waals surface area contributed by atoms with Crippen LogP contribution in [0.15, 0.2) is 54.6 Å². The molecule has 0 aliphatic rings. The number of rotatable bonds is 13. The molecule has 186 valence electrons. The van der Waals surface area contributed by atoms with Crippen molar-refractivity contribution < 1.29 is 28.5 Å². The average Bonchev–Trinajstić information content (AvgIpc) is 2.85. The standard InChI is InChI=1S/C14H20O3.C14H18O3/c2*1-3-17-14(15)11-7-5-9-12-8-4-6-10-13(12)16-2/h4,6,8,10H,3,5,7,9,11H2,1-2H3;4-6,8-10H,3,7,11H2,1-2H3/b;9-5+. The zero-order valence-corrected chi connectivity index (χ0v) is 20.9. The van der Waals surface area contributed by atoms with E-state index in [1.54, 1.807) is 14.2 Å². The van der Waals surface area contributed by atoms with Gasteiger partial charge in [0.1, 0.15) is 11.5 Å². The van der Waals surface area contributed by atoms with Crippen molar-refractivity contribution in [2.45, 2.75) is 52.4 Å². The summed E-state index contributed by atoms with van der Waals surface area (Å²) < 4.78 is 20.2. The number of esters is 2. The number of ether oxygens (including phenoxy) is 4. The van der Waals surface area contributed by atoms with Gasteiger partial charge in [0.15, 0.2) is 0 Å². The number of methoxy groups -OCH3 is 2. The minimum Gasteiger partial charge on any atom is -0.496 e. The average molecular weight is 471 g/mol. The number of hydrogen-bond donors (Lipinski definition) is 0. The number of para-hydroxylation sites is 2. The molecule has 0 N–H and O–H groups in total. The molecule has 2 aromatic carbocycles. The van der Waals surface area contributed by atoms with Gasteiger partial charge in [0.05, 0.1) is 27.4 Å². The lowest BCUT2D eigenvalue weighted by molar-refractivity contribution is -0.144. The van der Waals surface area contributed by atoms with E-state index in [1.165, 1.54) is 5.56 Å². The fourth-order valence-corrected chi connectivity index (χ4v) is 3.18. The number of aryl methyl sites for hydroxylation is 1. The third kappa shape index (κ3) is 12.1. The van der Waals surface area contributed by atoms with Crippen molar-refractivity contribution in [1.29, 1.82) is 0 Å². The van der Waals surface area contributed by atoms with E-state index in [1.807, 2.05) is 68.5 Å². The Kier molecular flexibility index (Phi) is 15.4. The molecule has 0 amide bonds. The first kappa shape index (κ1) is 28.8. The van der Waals surface area contributed by atoms with Gasteiger partial charge < -0.3 is 18.9 Å². The van der Waals surface area contributed by atoms with Crippen LogP contribution in [0.1, 0.15) is 57.1 Å². The van der Waals surface area contributed by atoms with Crippen LogP contribution < -0.4 is 9.47 Å². The lowest BCUT2D eigenvalue weighted by atomic mass is 10.1. The highest BCUT2D eigenvalue weighted by Crippen LogP contribution is 2.20. The van der Waals surface area contributed by atoms with E-state index < -0.39 is 0 Å². The fraction of sp³-hybridized carbons (Fsp3) is 0.429. The van der Waals surface area contributed by atoms with Crippen molar-refractivity contribution in [2.75, 3.05) is 27.4 Å². The summed E-state index contributed by atoms with van der Waals surface area (Å²) in [5.41, 5.74) is 2.21. The van der Waals surface area contributed by atoms with E-state index in [4.69, 9.17) is 18.9 Å². The van der Waals surface area contributed by atoms with Gasteiger partial charge in [-0.25, -0.2) is 0 Å². The molecule has 2 aromatic rings. The van der Waals surface area contributed by atoms with Crippen molar-refractivity contribution in [3.8, 4) is 11.5 Å². The Labute approximate surface area is 203 Å². The lowest BCUT2D eigenvalue weighted by Crippen LogP contribution is -2.03. The maximum absolute atomic E-state index is 11.1. The second-order valence-corrected chi connectivity index (χ2v) is 7.31. The van der Waals surface area contributed by atoms with E-state index in [9.17, 15) is 9.59 Å². The first-order valence-corrected chi connectivity index (χ1v) is 11.8. The molecule has 6 heteroatoms. The Hall–Kier alpha value is -3.28. The summed E-state index contributed by atoms with van der Waals surface area (Å²) >= 11 is 0. The van der Waals surface area contributed by atoms with Gasteiger partial charge in [-0.3, -0.25) is 9.59 Å². The van der Waals surface area contributed by atoms with E-state index in [0.29, 0.717) is 32.5 Å². The topological polar surface area (TPSA) is 71.1 Å². The monoisotopic (exact) mass is 470 g/mol. The quantitative estimate of drug-likeness (QED) is 0.263. The molecular formula is C28H38O6. The molecule has 0 fully saturated rings. The Balaban J connectivity index is 0.000000340. The summed E-state index contributed by atoms with van der Waals surface area (Å²) in [6.07, 6.45) is 8.27. The zero-order valence-electron chi connectivity index (χ0n) is 20.9. The van der Waals surface area contributed by atoms with Gasteiger partial charge in [0.25, 0.3) is 0 Å². The maximum atomic E-state index is 11.1. The highest BCUT2D eigenvalue weighted by atomic mass is 16.5. The number of carbonyl (C=O) groups is 2. The van der Waals surface area contributed by atoms with Crippen LogP contribution in [0, 0.1) is 0 Å². The largest absolute Gasteiger partial charge is 0.496 e. The van der Waals surface area contributed by atoms with Crippen LogP contribution in [0.2, 0.25) is 0 Å². The molecule has 0 aliphatic heterocycles. The van der Waals surface area contributed by atoms with Crippen LogP contribution in [0.3, 0.4) is 0 Å². The number of carbonyl (C=O) groups excluding carboxylic acids is 2. The van der Waals surface area contributed by atoms with Crippen LogP contribution in [-0.4, -0.2) is 39.4 Å². The third-order valence-electron chi connectivity index (χ3n) is 4.83. The van der Waals surface area contributed by atoms with E-state index in [-0.39, 0.29) is 11.9 Å². The molecule has 0 heterocycles. The summed E-state index contributed by atoms with van der Waals surface area (Å²) in [7, 11) is 3.32. The third-order valence-corrected chi connectivity index (χ3v) is 4.83. The van der Waals surface area contributed by atoms with Crippen LogP contribution in [0.4, 0.5) is 0 Å². The molecule has 6 nitrogen and oxygen atoms in total. The first-order chi connectivity index (χ1) is 16.5. The number of hydrogen-bond acceptors (Lipinski definition) is 6. The first-order valence-electron chi connectivity index (χ1n) is 11.8. The fourth-order valence-electron chi connectivity index (χ4n) is 3.18. The molecule has 0 aromatic heterocycles. The smallest absolute Gasteiger partial charge is 0.306 e. The molecule has 0 saturated carbocycles. The van der Waals surface area contributed by atoms with Crippen LogP contribution in [0.5, 0.6) is 11.5 Å². The van der Waals surface area contributed by atoms with Crippen LogP contribution in [-0.2, 0) is 25.5 Å². The molecule has 0 aliphatic carbocycles. The molecule has 0 unspecified atom stereocenters. The van der Waals surface area contributed by atoms with Crippen LogP contribution >= 0.6 is 0 Å². The van der Waals surface area contributed by atoms with Crippen molar-refractivity contribution in [1.82, 2.24) is 0 Å². The second kappa shape index (κ2) is 18.2. The molecule has 2 rings (SSSR count). The zero-order chi connectivity index (χ0) is 25.0. The van der Waals surface area contributed by atoms with E-state index in [0.717, 1.165) is 36.3 Å². The van der Waals surface area contributed by atoms with Crippen molar-refractivity contribution in [3.63, 3.8) is 0 Å². The van der Waals surface area contributed by atoms with Gasteiger partial charge in [0, 0.05) is 18.4 Å². The van der Waals surface area contributed by atoms with Crippen molar-refractivity contribution in [2.24, 2.45) is 0 Å². The molecule has 0 bridgehead atoms. The number of benzene rings is 2. The van der Waals surface area contributed by atoms with Gasteiger partial charge in [0.2, 0.25) is 0 Å². The van der Waals surface area contributed by atoms with Gasteiger partial charge in [-0.2, -0.15) is 0 Å². The highest BCUT2D eigenvalue weighted by Gasteiger charge is 2.04. The summed E-state index contributed by atoms with van der Waals surface area (Å²) in [5, 5.41) is 0. The minimum atomic E-state index is -0.155. The van der Waals surface area contributed by atoms with Gasteiger partial charge in [-0.1, -0.05) is 48.6 Å². The number of unbranched alkanes of at least 4 members (excludes halogenated alkanes) is 1. The van der Waals surface area contributed by atoms with E-state index in [2.05, 4.69) is 6.07 Å². The molecule has 0 radical (unpaired) electrons. The molecule has 0 spiro atoms. The maximum Gasteiger partial charge on any atom is 0.306 e. The Morgan fingerprint density at radius 3 is 2.00 bits per heavy atom. The normalized spacial score (nSPS) is 10.2. The summed E-state index contributed by atoms with van der Waals surface area (Å²) in [5.74, 6) is 1.49. The van der Waals surface area contributed by atoms with Crippen molar-refractivity contribution >= 4 is 18.0 Å². The van der Waals surface area contributed by atoms with E-state index >= 15 is 0 Å². The molecule has 0 atom stereocenters. The lowest BCUT2D eigenvalue weighted by Gasteiger charge is -2.07. The predicted molar refractivity (Wildman–Crippen MR) is 135 cm³/mol. The Morgan fingerprint density at radius 1 is 0.765 bits per heavy atom. The number of allylic oxidation sites excluding steroid dienone is 1. The Morgan fingerprint density at radius 2 is 1.35 bits per heavy atom.